The second-order valence-corrected chi connectivity index (χ2v) is 6.81. The normalized spacial score (nSPS) is 12.6. The van der Waals surface area contributed by atoms with Crippen molar-refractivity contribution in [3.05, 3.63) is 39.4 Å². The summed E-state index contributed by atoms with van der Waals surface area (Å²) >= 11 is 1.57. The summed E-state index contributed by atoms with van der Waals surface area (Å²) in [5, 5.41) is 13.6. The molecule has 0 aliphatic heterocycles. The lowest BCUT2D eigenvalue weighted by Crippen LogP contribution is -2.34. The molecule has 122 valence electrons. The molecule has 0 saturated carbocycles. The van der Waals surface area contributed by atoms with E-state index < -0.39 is 16.6 Å². The van der Waals surface area contributed by atoms with Crippen LogP contribution in [0.4, 0.5) is 10.5 Å². The van der Waals surface area contributed by atoms with Crippen LogP contribution in [0.3, 0.4) is 0 Å². The first kappa shape index (κ1) is 18.3. The molecule has 1 atom stereocenters. The number of nitro benzene ring substituents is 1. The number of non-ortho nitro benzene ring substituents is 1. The first-order valence-corrected chi connectivity index (χ1v) is 8.29. The maximum Gasteiger partial charge on any atom is 0.408 e. The van der Waals surface area contributed by atoms with E-state index >= 15 is 0 Å². The monoisotopic (exact) mass is 326 g/mol. The quantitative estimate of drug-likeness (QED) is 0.652. The van der Waals surface area contributed by atoms with E-state index in [1.54, 1.807) is 44.7 Å². The lowest BCUT2D eigenvalue weighted by molar-refractivity contribution is -0.384. The zero-order valence-electron chi connectivity index (χ0n) is 13.5. The summed E-state index contributed by atoms with van der Waals surface area (Å²) in [5.74, 6) is 0.636. The van der Waals surface area contributed by atoms with Gasteiger partial charge in [0.1, 0.15) is 5.60 Å². The standard InChI is InChI=1S/C15H22N2O4S/c1-10(16-14(18)21-15(2,3)4)13-7-6-12(17(19)20)8-11(13)9-22-5/h6-8,10H,9H2,1-5H3,(H,16,18)/t10-/m1/s1. The molecule has 1 aromatic rings. The summed E-state index contributed by atoms with van der Waals surface area (Å²) in [6.45, 7) is 7.21. The van der Waals surface area contributed by atoms with Gasteiger partial charge in [-0.25, -0.2) is 4.79 Å². The Morgan fingerprint density at radius 2 is 2.09 bits per heavy atom. The Morgan fingerprint density at radius 1 is 1.45 bits per heavy atom. The van der Waals surface area contributed by atoms with Crippen LogP contribution >= 0.6 is 11.8 Å². The number of amides is 1. The van der Waals surface area contributed by atoms with E-state index in [9.17, 15) is 14.9 Å². The van der Waals surface area contributed by atoms with E-state index in [0.717, 1.165) is 11.1 Å². The Balaban J connectivity index is 2.94. The van der Waals surface area contributed by atoms with Gasteiger partial charge in [-0.15, -0.1) is 0 Å². The molecule has 0 unspecified atom stereocenters. The van der Waals surface area contributed by atoms with E-state index in [-0.39, 0.29) is 11.7 Å². The molecule has 0 aromatic heterocycles. The van der Waals surface area contributed by atoms with Gasteiger partial charge < -0.3 is 10.1 Å². The van der Waals surface area contributed by atoms with E-state index in [0.29, 0.717) is 5.75 Å². The Morgan fingerprint density at radius 3 is 2.59 bits per heavy atom. The van der Waals surface area contributed by atoms with Crippen LogP contribution in [0.15, 0.2) is 18.2 Å². The van der Waals surface area contributed by atoms with Crippen molar-refractivity contribution < 1.29 is 14.5 Å². The Hall–Kier alpha value is -1.76. The van der Waals surface area contributed by atoms with Gasteiger partial charge in [0.05, 0.1) is 11.0 Å². The number of hydrogen-bond donors (Lipinski definition) is 1. The summed E-state index contributed by atoms with van der Waals surface area (Å²) in [5.41, 5.74) is 1.18. The molecule has 1 N–H and O–H groups in total. The molecule has 0 bridgehead atoms. The van der Waals surface area contributed by atoms with Crippen LogP contribution in [-0.4, -0.2) is 22.9 Å². The van der Waals surface area contributed by atoms with Gasteiger partial charge in [0.25, 0.3) is 5.69 Å². The van der Waals surface area contributed by atoms with Gasteiger partial charge in [-0.1, -0.05) is 0 Å². The van der Waals surface area contributed by atoms with Gasteiger partial charge >= 0.3 is 6.09 Å². The number of hydrogen-bond acceptors (Lipinski definition) is 5. The minimum atomic E-state index is -0.568. The number of rotatable bonds is 5. The number of ether oxygens (including phenoxy) is 1. The predicted molar refractivity (Wildman–Crippen MR) is 88.1 cm³/mol. The minimum absolute atomic E-state index is 0.0530. The van der Waals surface area contributed by atoms with Crippen LogP contribution in [0.5, 0.6) is 0 Å². The van der Waals surface area contributed by atoms with Crippen LogP contribution in [0.1, 0.15) is 44.9 Å². The molecule has 0 fully saturated rings. The minimum Gasteiger partial charge on any atom is -0.444 e. The maximum absolute atomic E-state index is 11.8. The molecule has 1 rings (SSSR count). The zero-order chi connectivity index (χ0) is 16.9. The van der Waals surface area contributed by atoms with E-state index in [1.165, 1.54) is 6.07 Å². The highest BCUT2D eigenvalue weighted by Gasteiger charge is 2.20. The largest absolute Gasteiger partial charge is 0.444 e. The Kier molecular flexibility index (Phi) is 6.22. The molecular weight excluding hydrogens is 304 g/mol. The Labute approximate surface area is 134 Å². The second-order valence-electron chi connectivity index (χ2n) is 5.94. The number of nitro groups is 1. The maximum atomic E-state index is 11.8. The zero-order valence-corrected chi connectivity index (χ0v) is 14.3. The Bertz CT molecular complexity index is 555. The number of alkyl carbamates (subject to hydrolysis) is 1. The van der Waals surface area contributed by atoms with Crippen LogP contribution in [-0.2, 0) is 10.5 Å². The molecule has 0 aliphatic rings. The molecular formula is C15H22N2O4S. The highest BCUT2D eigenvalue weighted by molar-refractivity contribution is 7.97. The van der Waals surface area contributed by atoms with Crippen molar-refractivity contribution in [3.63, 3.8) is 0 Å². The third kappa shape index (κ3) is 5.55. The molecule has 0 aliphatic carbocycles. The van der Waals surface area contributed by atoms with Gasteiger partial charge in [-0.05, 0) is 51.1 Å². The molecule has 22 heavy (non-hydrogen) atoms. The molecule has 7 heteroatoms. The van der Waals surface area contributed by atoms with Crippen molar-refractivity contribution in [3.8, 4) is 0 Å². The van der Waals surface area contributed by atoms with Crippen molar-refractivity contribution in [2.45, 2.75) is 45.1 Å². The summed E-state index contributed by atoms with van der Waals surface area (Å²) in [6.07, 6.45) is 1.42. The molecule has 0 heterocycles. The van der Waals surface area contributed by atoms with E-state index in [2.05, 4.69) is 5.32 Å². The van der Waals surface area contributed by atoms with Crippen molar-refractivity contribution in [1.82, 2.24) is 5.32 Å². The van der Waals surface area contributed by atoms with Gasteiger partial charge in [0.15, 0.2) is 0 Å². The molecule has 0 saturated heterocycles. The van der Waals surface area contributed by atoms with E-state index in [1.807, 2.05) is 13.2 Å². The van der Waals surface area contributed by atoms with Crippen LogP contribution in [0.2, 0.25) is 0 Å². The number of carbonyl (C=O) groups excluding carboxylic acids is 1. The number of carbonyl (C=O) groups is 1. The van der Waals surface area contributed by atoms with Gasteiger partial charge in [-0.2, -0.15) is 11.8 Å². The van der Waals surface area contributed by atoms with Gasteiger partial charge in [0, 0.05) is 17.9 Å². The van der Waals surface area contributed by atoms with Crippen molar-refractivity contribution >= 4 is 23.5 Å². The van der Waals surface area contributed by atoms with Crippen molar-refractivity contribution in [2.24, 2.45) is 0 Å². The third-order valence-electron chi connectivity index (χ3n) is 2.84. The fraction of sp³-hybridized carbons (Fsp3) is 0.533. The second kappa shape index (κ2) is 7.49. The third-order valence-corrected chi connectivity index (χ3v) is 3.44. The highest BCUT2D eigenvalue weighted by Crippen LogP contribution is 2.26. The first-order valence-electron chi connectivity index (χ1n) is 6.89. The van der Waals surface area contributed by atoms with Gasteiger partial charge in [-0.3, -0.25) is 10.1 Å². The molecule has 6 nitrogen and oxygen atoms in total. The van der Waals surface area contributed by atoms with Crippen molar-refractivity contribution in [1.29, 1.82) is 0 Å². The topological polar surface area (TPSA) is 81.5 Å². The number of benzene rings is 1. The first-order chi connectivity index (χ1) is 10.1. The summed E-state index contributed by atoms with van der Waals surface area (Å²) in [4.78, 5) is 22.3. The van der Waals surface area contributed by atoms with Gasteiger partial charge in [0.2, 0.25) is 0 Å². The van der Waals surface area contributed by atoms with Crippen LogP contribution in [0, 0.1) is 10.1 Å². The number of nitrogens with zero attached hydrogens (tertiary/aromatic N) is 1. The fourth-order valence-corrected chi connectivity index (χ4v) is 2.53. The van der Waals surface area contributed by atoms with Crippen LogP contribution < -0.4 is 5.32 Å². The summed E-state index contributed by atoms with van der Waals surface area (Å²) < 4.78 is 5.23. The fourth-order valence-electron chi connectivity index (χ4n) is 1.97. The smallest absolute Gasteiger partial charge is 0.408 e. The summed E-state index contributed by atoms with van der Waals surface area (Å²) in [7, 11) is 0. The molecule has 1 amide bonds. The SMILES string of the molecule is CSCc1cc([N+](=O)[O-])ccc1[C@@H](C)NC(=O)OC(C)(C)C. The lowest BCUT2D eigenvalue weighted by atomic mass is 10.0. The number of nitrogens with one attached hydrogen (secondary N) is 1. The number of thioether (sulfide) groups is 1. The predicted octanol–water partition coefficient (Wildman–Crippen LogP) is 4.04. The molecule has 0 spiro atoms. The van der Waals surface area contributed by atoms with E-state index in [4.69, 9.17) is 4.74 Å². The molecule has 1 aromatic carbocycles. The average Bonchev–Trinajstić information content (AvgIpc) is 2.36. The van der Waals surface area contributed by atoms with Crippen LogP contribution in [0.25, 0.3) is 0 Å². The lowest BCUT2D eigenvalue weighted by Gasteiger charge is -2.23. The average molecular weight is 326 g/mol. The highest BCUT2D eigenvalue weighted by atomic mass is 32.2. The molecule has 0 radical (unpaired) electrons. The summed E-state index contributed by atoms with van der Waals surface area (Å²) in [6, 6.07) is 4.40. The van der Waals surface area contributed by atoms with Crippen molar-refractivity contribution in [2.75, 3.05) is 6.26 Å².